The molecule has 3 nitrogen and oxygen atoms in total. The van der Waals surface area contributed by atoms with E-state index in [1.54, 1.807) is 32.0 Å². The molecule has 33 heavy (non-hydrogen) atoms. The minimum atomic E-state index is -0.418. The van der Waals surface area contributed by atoms with Gasteiger partial charge in [-0.15, -0.1) is 0 Å². The largest absolute Gasteiger partial charge is 0.482 e. The van der Waals surface area contributed by atoms with Crippen molar-refractivity contribution in [3.8, 4) is 16.9 Å². The van der Waals surface area contributed by atoms with Gasteiger partial charge in [0.2, 0.25) is 0 Å². The number of ether oxygens (including phenoxy) is 2. The topological polar surface area (TPSA) is 35.5 Å². The van der Waals surface area contributed by atoms with Gasteiger partial charge >= 0.3 is 5.97 Å². The average molecular weight is 453 g/mol. The van der Waals surface area contributed by atoms with Crippen molar-refractivity contribution in [2.75, 3.05) is 6.61 Å². The van der Waals surface area contributed by atoms with E-state index in [1.807, 2.05) is 39.0 Å². The lowest BCUT2D eigenvalue weighted by molar-refractivity contribution is -0.149. The molecule has 0 spiro atoms. The van der Waals surface area contributed by atoms with Crippen molar-refractivity contribution >= 4 is 5.97 Å². The zero-order valence-electron chi connectivity index (χ0n) is 19.8. The third-order valence-electron chi connectivity index (χ3n) is 5.57. The summed E-state index contributed by atoms with van der Waals surface area (Å²) in [5.41, 5.74) is 5.47. The number of esters is 1. The van der Waals surface area contributed by atoms with Gasteiger partial charge in [-0.1, -0.05) is 29.8 Å². The number of hydrogen-bond acceptors (Lipinski definition) is 3. The first-order chi connectivity index (χ1) is 15.7. The summed E-state index contributed by atoms with van der Waals surface area (Å²) in [5, 5.41) is 0. The van der Waals surface area contributed by atoms with Crippen molar-refractivity contribution in [3.63, 3.8) is 0 Å². The first-order valence-corrected chi connectivity index (χ1v) is 11.1. The van der Waals surface area contributed by atoms with Crippen molar-refractivity contribution in [3.05, 3.63) is 88.0 Å². The SMILES string of the molecule is Cc1cc(CCc2c(C)ccc(OCC(=O)OC(C)C)c2C)c(F)c(-c2cccc(F)c2)c1. The maximum Gasteiger partial charge on any atom is 0.344 e. The molecule has 0 amide bonds. The molecule has 0 unspecified atom stereocenters. The zero-order valence-corrected chi connectivity index (χ0v) is 19.8. The molecule has 0 saturated carbocycles. The highest BCUT2D eigenvalue weighted by atomic mass is 19.1. The van der Waals surface area contributed by atoms with Crippen LogP contribution in [-0.2, 0) is 22.4 Å². The standard InChI is InChI=1S/C28H30F2O3/c1-17(2)33-27(31)16-32-26-12-9-19(4)24(20(26)5)11-10-22-13-18(3)14-25(28(22)30)21-7-6-8-23(29)15-21/h6-9,12-15,17H,10-11,16H2,1-5H3. The Kier molecular flexibility index (Phi) is 7.85. The molecule has 0 aromatic heterocycles. The summed E-state index contributed by atoms with van der Waals surface area (Å²) in [5.74, 6) is -0.527. The first kappa shape index (κ1) is 24.4. The maximum absolute atomic E-state index is 15.4. The minimum Gasteiger partial charge on any atom is -0.482 e. The molecule has 3 aromatic rings. The lowest BCUT2D eigenvalue weighted by Gasteiger charge is -2.16. The van der Waals surface area contributed by atoms with Crippen LogP contribution in [0.5, 0.6) is 5.75 Å². The number of hydrogen-bond donors (Lipinski definition) is 0. The van der Waals surface area contributed by atoms with Crippen LogP contribution in [0, 0.1) is 32.4 Å². The lowest BCUT2D eigenvalue weighted by atomic mass is 9.93. The van der Waals surface area contributed by atoms with E-state index in [1.165, 1.54) is 12.1 Å². The zero-order chi connectivity index (χ0) is 24.1. The fourth-order valence-corrected chi connectivity index (χ4v) is 4.00. The molecule has 0 bridgehead atoms. The number of halogens is 2. The first-order valence-electron chi connectivity index (χ1n) is 11.1. The van der Waals surface area contributed by atoms with Gasteiger partial charge in [-0.05, 0) is 99.5 Å². The van der Waals surface area contributed by atoms with Crippen LogP contribution >= 0.6 is 0 Å². The van der Waals surface area contributed by atoms with Crippen LogP contribution in [0.4, 0.5) is 8.78 Å². The second-order valence-electron chi connectivity index (χ2n) is 8.61. The van der Waals surface area contributed by atoms with Gasteiger partial charge in [0.25, 0.3) is 0 Å². The molecule has 0 saturated heterocycles. The minimum absolute atomic E-state index is 0.162. The van der Waals surface area contributed by atoms with E-state index in [-0.39, 0.29) is 18.5 Å². The monoisotopic (exact) mass is 452 g/mol. The van der Waals surface area contributed by atoms with Gasteiger partial charge in [0.05, 0.1) is 6.10 Å². The van der Waals surface area contributed by atoms with Gasteiger partial charge in [-0.3, -0.25) is 0 Å². The molecule has 0 aliphatic heterocycles. The van der Waals surface area contributed by atoms with Crippen molar-refractivity contribution in [2.24, 2.45) is 0 Å². The summed E-state index contributed by atoms with van der Waals surface area (Å²) < 4.78 is 39.9. The van der Waals surface area contributed by atoms with Gasteiger partial charge in [0.15, 0.2) is 6.61 Å². The smallest absolute Gasteiger partial charge is 0.344 e. The molecule has 174 valence electrons. The van der Waals surface area contributed by atoms with Crippen LogP contribution in [0.15, 0.2) is 48.5 Å². The quantitative estimate of drug-likeness (QED) is 0.358. The highest BCUT2D eigenvalue weighted by Crippen LogP contribution is 2.30. The van der Waals surface area contributed by atoms with Crippen LogP contribution in [-0.4, -0.2) is 18.7 Å². The highest BCUT2D eigenvalue weighted by molar-refractivity contribution is 5.71. The summed E-state index contributed by atoms with van der Waals surface area (Å²) in [6, 6.07) is 13.4. The van der Waals surface area contributed by atoms with Crippen molar-refractivity contribution in [1.29, 1.82) is 0 Å². The maximum atomic E-state index is 15.4. The Hall–Kier alpha value is -3.21. The molecule has 0 atom stereocenters. The fraction of sp³-hybridized carbons (Fsp3) is 0.321. The molecule has 3 aromatic carbocycles. The Labute approximate surface area is 194 Å². The molecular formula is C28H30F2O3. The van der Waals surface area contributed by atoms with E-state index in [9.17, 15) is 9.18 Å². The number of benzene rings is 3. The second kappa shape index (κ2) is 10.6. The predicted molar refractivity (Wildman–Crippen MR) is 127 cm³/mol. The lowest BCUT2D eigenvalue weighted by Crippen LogP contribution is -2.19. The number of aryl methyl sites for hydroxylation is 3. The predicted octanol–water partition coefficient (Wildman–Crippen LogP) is 6.67. The molecule has 0 N–H and O–H groups in total. The molecule has 0 heterocycles. The van der Waals surface area contributed by atoms with Gasteiger partial charge in [0, 0.05) is 5.56 Å². The van der Waals surface area contributed by atoms with Gasteiger partial charge in [-0.25, -0.2) is 13.6 Å². The van der Waals surface area contributed by atoms with Crippen LogP contribution in [0.2, 0.25) is 0 Å². The normalized spacial score (nSPS) is 11.0. The van der Waals surface area contributed by atoms with E-state index in [4.69, 9.17) is 9.47 Å². The molecule has 0 aliphatic carbocycles. The van der Waals surface area contributed by atoms with E-state index in [0.717, 1.165) is 22.3 Å². The number of carbonyl (C=O) groups is 1. The second-order valence-corrected chi connectivity index (χ2v) is 8.61. The summed E-state index contributed by atoms with van der Waals surface area (Å²) >= 11 is 0. The Morgan fingerprint density at radius 2 is 1.73 bits per heavy atom. The van der Waals surface area contributed by atoms with E-state index < -0.39 is 11.8 Å². The highest BCUT2D eigenvalue weighted by Gasteiger charge is 2.15. The average Bonchev–Trinajstić information content (AvgIpc) is 2.74. The Balaban J connectivity index is 1.82. The molecule has 0 radical (unpaired) electrons. The summed E-state index contributed by atoms with van der Waals surface area (Å²) in [7, 11) is 0. The Morgan fingerprint density at radius 1 is 0.970 bits per heavy atom. The molecule has 3 rings (SSSR count). The van der Waals surface area contributed by atoms with Crippen molar-refractivity contribution < 1.29 is 23.0 Å². The fourth-order valence-electron chi connectivity index (χ4n) is 4.00. The van der Waals surface area contributed by atoms with Gasteiger partial charge in [-0.2, -0.15) is 0 Å². The summed E-state index contributed by atoms with van der Waals surface area (Å²) in [4.78, 5) is 11.8. The Bertz CT molecular complexity index is 1150. The summed E-state index contributed by atoms with van der Waals surface area (Å²) in [6.07, 6.45) is 0.891. The molecule has 0 aliphatic rings. The van der Waals surface area contributed by atoms with Crippen LogP contribution in [0.3, 0.4) is 0 Å². The van der Waals surface area contributed by atoms with Crippen LogP contribution in [0.1, 0.15) is 41.7 Å². The van der Waals surface area contributed by atoms with E-state index in [0.29, 0.717) is 35.3 Å². The van der Waals surface area contributed by atoms with Gasteiger partial charge in [0.1, 0.15) is 17.4 Å². The Morgan fingerprint density at radius 3 is 2.42 bits per heavy atom. The van der Waals surface area contributed by atoms with Crippen molar-refractivity contribution in [2.45, 2.75) is 53.6 Å². The number of rotatable bonds is 8. The van der Waals surface area contributed by atoms with Gasteiger partial charge < -0.3 is 9.47 Å². The molecule has 5 heteroatoms. The third kappa shape index (κ3) is 6.19. The van der Waals surface area contributed by atoms with E-state index in [2.05, 4.69) is 0 Å². The van der Waals surface area contributed by atoms with Crippen LogP contribution < -0.4 is 4.74 Å². The molecular weight excluding hydrogens is 422 g/mol. The van der Waals surface area contributed by atoms with E-state index >= 15 is 4.39 Å². The van der Waals surface area contributed by atoms with Crippen molar-refractivity contribution in [1.82, 2.24) is 0 Å². The number of carbonyl (C=O) groups excluding carboxylic acids is 1. The molecule has 0 fully saturated rings. The van der Waals surface area contributed by atoms with Crippen LogP contribution in [0.25, 0.3) is 11.1 Å². The third-order valence-corrected chi connectivity index (χ3v) is 5.57. The summed E-state index contributed by atoms with van der Waals surface area (Å²) in [6.45, 7) is 9.27.